The number of hydrogen-bond donors (Lipinski definition) is 1. The Labute approximate surface area is 74.3 Å². The van der Waals surface area contributed by atoms with Gasteiger partial charge in [-0.15, -0.1) is 11.3 Å². The molecule has 0 saturated carbocycles. The van der Waals surface area contributed by atoms with Gasteiger partial charge in [-0.2, -0.15) is 0 Å². The van der Waals surface area contributed by atoms with Crippen LogP contribution in [-0.4, -0.2) is 9.97 Å². The number of anilines is 1. The second-order valence-corrected chi connectivity index (χ2v) is 3.65. The zero-order valence-electron chi connectivity index (χ0n) is 6.74. The molecule has 2 aromatic rings. The lowest BCUT2D eigenvalue weighted by molar-refractivity contribution is 1.11. The minimum atomic E-state index is 0.670. The van der Waals surface area contributed by atoms with Crippen molar-refractivity contribution in [2.75, 3.05) is 5.73 Å². The van der Waals surface area contributed by atoms with Crippen LogP contribution >= 0.6 is 11.3 Å². The van der Waals surface area contributed by atoms with E-state index in [4.69, 9.17) is 5.73 Å². The molecular weight excluding hydrogens is 170 g/mol. The second-order valence-electron chi connectivity index (χ2n) is 2.54. The summed E-state index contributed by atoms with van der Waals surface area (Å²) < 4.78 is 1.08. The van der Waals surface area contributed by atoms with Gasteiger partial charge >= 0.3 is 0 Å². The Kier molecular flexibility index (Phi) is 1.69. The van der Waals surface area contributed by atoms with Crippen molar-refractivity contribution in [1.82, 2.24) is 9.97 Å². The fraction of sp³-hybridized carbons (Fsp3) is 0.250. The van der Waals surface area contributed by atoms with E-state index in [-0.39, 0.29) is 0 Å². The molecule has 0 fully saturated rings. The molecule has 0 atom stereocenters. The van der Waals surface area contributed by atoms with E-state index in [9.17, 15) is 0 Å². The molecule has 2 heterocycles. The maximum atomic E-state index is 5.71. The van der Waals surface area contributed by atoms with Crippen molar-refractivity contribution in [3.8, 4) is 0 Å². The Morgan fingerprint density at radius 3 is 3.00 bits per heavy atom. The summed E-state index contributed by atoms with van der Waals surface area (Å²) in [5.74, 6) is 0. The Morgan fingerprint density at radius 2 is 2.33 bits per heavy atom. The van der Waals surface area contributed by atoms with Gasteiger partial charge in [0.05, 0.1) is 21.6 Å². The first kappa shape index (κ1) is 7.49. The number of thiazole rings is 1. The van der Waals surface area contributed by atoms with Crippen molar-refractivity contribution in [2.24, 2.45) is 0 Å². The standard InChI is InChI=1S/C8H9N3S/c1-2-7-11-8-5(9)3-10-4-6(8)12-7/h3-4H,2,9H2,1H3. The van der Waals surface area contributed by atoms with Gasteiger partial charge in [0.1, 0.15) is 5.52 Å². The first-order valence-electron chi connectivity index (χ1n) is 3.80. The number of nitrogens with two attached hydrogens (primary N) is 1. The van der Waals surface area contributed by atoms with E-state index in [2.05, 4.69) is 16.9 Å². The Balaban J connectivity index is 2.74. The number of fused-ring (bicyclic) bond motifs is 1. The summed E-state index contributed by atoms with van der Waals surface area (Å²) in [7, 11) is 0. The molecule has 0 spiro atoms. The minimum absolute atomic E-state index is 0.670. The van der Waals surface area contributed by atoms with E-state index in [1.807, 2.05) is 6.20 Å². The van der Waals surface area contributed by atoms with Gasteiger partial charge < -0.3 is 5.73 Å². The van der Waals surface area contributed by atoms with Crippen LogP contribution in [0.25, 0.3) is 10.2 Å². The number of pyridine rings is 1. The number of aryl methyl sites for hydroxylation is 1. The highest BCUT2D eigenvalue weighted by molar-refractivity contribution is 7.18. The summed E-state index contributed by atoms with van der Waals surface area (Å²) in [4.78, 5) is 8.39. The van der Waals surface area contributed by atoms with Gasteiger partial charge in [-0.05, 0) is 6.42 Å². The van der Waals surface area contributed by atoms with Crippen LogP contribution in [0.3, 0.4) is 0 Å². The van der Waals surface area contributed by atoms with E-state index in [0.29, 0.717) is 5.69 Å². The lowest BCUT2D eigenvalue weighted by Crippen LogP contribution is -1.87. The molecule has 0 aliphatic rings. The molecule has 3 nitrogen and oxygen atoms in total. The lowest BCUT2D eigenvalue weighted by atomic mass is 10.4. The molecule has 4 heteroatoms. The molecular formula is C8H9N3S. The quantitative estimate of drug-likeness (QED) is 0.726. The predicted molar refractivity (Wildman–Crippen MR) is 51.2 cm³/mol. The van der Waals surface area contributed by atoms with Crippen LogP contribution < -0.4 is 5.73 Å². The van der Waals surface area contributed by atoms with Gasteiger partial charge in [-0.25, -0.2) is 4.98 Å². The third kappa shape index (κ3) is 1.04. The summed E-state index contributed by atoms with van der Waals surface area (Å²) in [5, 5.41) is 1.12. The topological polar surface area (TPSA) is 51.8 Å². The van der Waals surface area contributed by atoms with Gasteiger partial charge in [-0.1, -0.05) is 6.92 Å². The number of nitrogen functional groups attached to an aromatic ring is 1. The highest BCUT2D eigenvalue weighted by atomic mass is 32.1. The van der Waals surface area contributed by atoms with Crippen molar-refractivity contribution >= 4 is 27.2 Å². The van der Waals surface area contributed by atoms with E-state index in [1.165, 1.54) is 0 Å². The van der Waals surface area contributed by atoms with Crippen LogP contribution in [0.15, 0.2) is 12.4 Å². The molecule has 12 heavy (non-hydrogen) atoms. The maximum absolute atomic E-state index is 5.71. The number of aromatic nitrogens is 2. The molecule has 0 aliphatic carbocycles. The second kappa shape index (κ2) is 2.71. The largest absolute Gasteiger partial charge is 0.396 e. The summed E-state index contributed by atoms with van der Waals surface area (Å²) >= 11 is 1.66. The normalized spacial score (nSPS) is 10.8. The van der Waals surface area contributed by atoms with Crippen LogP contribution in [0.4, 0.5) is 5.69 Å². The molecule has 2 aromatic heterocycles. The monoisotopic (exact) mass is 179 g/mol. The average Bonchev–Trinajstić information content (AvgIpc) is 2.49. The van der Waals surface area contributed by atoms with Crippen LogP contribution in [-0.2, 0) is 6.42 Å². The Hall–Kier alpha value is -1.16. The molecule has 0 aliphatic heterocycles. The predicted octanol–water partition coefficient (Wildman–Crippen LogP) is 1.84. The van der Waals surface area contributed by atoms with E-state index < -0.39 is 0 Å². The van der Waals surface area contributed by atoms with Gasteiger partial charge in [0, 0.05) is 6.20 Å². The van der Waals surface area contributed by atoms with Crippen molar-refractivity contribution in [2.45, 2.75) is 13.3 Å². The number of rotatable bonds is 1. The highest BCUT2D eigenvalue weighted by Crippen LogP contribution is 2.25. The maximum Gasteiger partial charge on any atom is 0.108 e. The molecule has 0 unspecified atom stereocenters. The summed E-state index contributed by atoms with van der Waals surface area (Å²) in [6, 6.07) is 0. The molecule has 2 N–H and O–H groups in total. The SMILES string of the molecule is CCc1nc2c(N)cncc2s1. The van der Waals surface area contributed by atoms with E-state index in [1.54, 1.807) is 17.5 Å². The van der Waals surface area contributed by atoms with Crippen LogP contribution in [0.2, 0.25) is 0 Å². The first-order chi connectivity index (χ1) is 5.81. The summed E-state index contributed by atoms with van der Waals surface area (Å²) in [5.41, 5.74) is 7.27. The zero-order chi connectivity index (χ0) is 8.55. The highest BCUT2D eigenvalue weighted by Gasteiger charge is 2.04. The van der Waals surface area contributed by atoms with Crippen molar-refractivity contribution in [3.63, 3.8) is 0 Å². The first-order valence-corrected chi connectivity index (χ1v) is 4.62. The molecule has 0 saturated heterocycles. The zero-order valence-corrected chi connectivity index (χ0v) is 7.56. The van der Waals surface area contributed by atoms with Crippen molar-refractivity contribution in [1.29, 1.82) is 0 Å². The van der Waals surface area contributed by atoms with Gasteiger partial charge in [0.2, 0.25) is 0 Å². The summed E-state index contributed by atoms with van der Waals surface area (Å²) in [6.07, 6.45) is 4.41. The van der Waals surface area contributed by atoms with Gasteiger partial charge in [-0.3, -0.25) is 4.98 Å². The third-order valence-corrected chi connectivity index (χ3v) is 2.81. The van der Waals surface area contributed by atoms with Crippen molar-refractivity contribution in [3.05, 3.63) is 17.4 Å². The fourth-order valence-corrected chi connectivity index (χ4v) is 1.98. The van der Waals surface area contributed by atoms with Crippen molar-refractivity contribution < 1.29 is 0 Å². The van der Waals surface area contributed by atoms with E-state index in [0.717, 1.165) is 21.6 Å². The summed E-state index contributed by atoms with van der Waals surface area (Å²) in [6.45, 7) is 2.08. The molecule has 0 amide bonds. The van der Waals surface area contributed by atoms with Crippen LogP contribution in [0.5, 0.6) is 0 Å². The van der Waals surface area contributed by atoms with Crippen LogP contribution in [0, 0.1) is 0 Å². The molecule has 0 aromatic carbocycles. The Morgan fingerprint density at radius 1 is 1.50 bits per heavy atom. The lowest BCUT2D eigenvalue weighted by Gasteiger charge is -1.90. The molecule has 0 bridgehead atoms. The third-order valence-electron chi connectivity index (χ3n) is 1.68. The van der Waals surface area contributed by atoms with Gasteiger partial charge in [0.25, 0.3) is 0 Å². The molecule has 2 rings (SSSR count). The smallest absolute Gasteiger partial charge is 0.108 e. The fourth-order valence-electron chi connectivity index (χ4n) is 1.07. The van der Waals surface area contributed by atoms with E-state index >= 15 is 0 Å². The van der Waals surface area contributed by atoms with Crippen LogP contribution in [0.1, 0.15) is 11.9 Å². The molecule has 62 valence electrons. The average molecular weight is 179 g/mol. The Bertz CT molecular complexity index is 408. The number of nitrogens with zero attached hydrogens (tertiary/aromatic N) is 2. The minimum Gasteiger partial charge on any atom is -0.396 e. The molecule has 0 radical (unpaired) electrons. The van der Waals surface area contributed by atoms with Gasteiger partial charge in [0.15, 0.2) is 0 Å². The number of hydrogen-bond acceptors (Lipinski definition) is 4.